The second-order valence-corrected chi connectivity index (χ2v) is 6.36. The summed E-state index contributed by atoms with van der Waals surface area (Å²) in [5.41, 5.74) is 6.45. The van der Waals surface area contributed by atoms with Crippen LogP contribution < -0.4 is 5.43 Å². The van der Waals surface area contributed by atoms with Crippen LogP contribution >= 0.6 is 15.9 Å². The van der Waals surface area contributed by atoms with Gasteiger partial charge < -0.3 is 0 Å². The summed E-state index contributed by atoms with van der Waals surface area (Å²) in [4.78, 5) is 16.8. The van der Waals surface area contributed by atoms with E-state index in [-0.39, 0.29) is 5.91 Å². The van der Waals surface area contributed by atoms with Gasteiger partial charge in [0, 0.05) is 10.0 Å². The number of hydrogen-bond acceptors (Lipinski definition) is 3. The number of carbonyl (C=O) groups excluding carboxylic acids is 1. The molecule has 0 saturated carbocycles. The lowest BCUT2D eigenvalue weighted by Crippen LogP contribution is -2.19. The third kappa shape index (κ3) is 4.39. The van der Waals surface area contributed by atoms with Crippen molar-refractivity contribution in [1.29, 1.82) is 0 Å². The first-order chi connectivity index (χ1) is 12.1. The van der Waals surface area contributed by atoms with Crippen LogP contribution in [0.15, 0.2) is 76.3 Å². The molecule has 0 aliphatic rings. The highest BCUT2D eigenvalue weighted by Gasteiger charge is 2.10. The molecule has 0 unspecified atom stereocenters. The number of carbonyl (C=O) groups is 1. The van der Waals surface area contributed by atoms with Gasteiger partial charge in [0.25, 0.3) is 5.91 Å². The SMILES string of the molecule is Cc1nc(-c2ccc(Br)cc2)ccc1C(=O)N/N=C/c1ccccc1. The first-order valence-electron chi connectivity index (χ1n) is 7.75. The first-order valence-corrected chi connectivity index (χ1v) is 8.55. The average Bonchev–Trinajstić information content (AvgIpc) is 2.63. The van der Waals surface area contributed by atoms with Gasteiger partial charge in [-0.05, 0) is 36.8 Å². The van der Waals surface area contributed by atoms with E-state index in [1.54, 1.807) is 12.3 Å². The summed E-state index contributed by atoms with van der Waals surface area (Å²) >= 11 is 3.42. The van der Waals surface area contributed by atoms with Crippen molar-refractivity contribution in [1.82, 2.24) is 10.4 Å². The highest BCUT2D eigenvalue weighted by atomic mass is 79.9. The van der Waals surface area contributed by atoms with E-state index in [0.29, 0.717) is 11.3 Å². The summed E-state index contributed by atoms with van der Waals surface area (Å²) < 4.78 is 1.01. The van der Waals surface area contributed by atoms with E-state index in [9.17, 15) is 4.79 Å². The number of hydrogen-bond donors (Lipinski definition) is 1. The Morgan fingerprint density at radius 3 is 2.44 bits per heavy atom. The third-order valence-corrected chi connectivity index (χ3v) is 4.18. The van der Waals surface area contributed by atoms with Gasteiger partial charge in [-0.3, -0.25) is 9.78 Å². The van der Waals surface area contributed by atoms with E-state index in [1.807, 2.05) is 67.6 Å². The van der Waals surface area contributed by atoms with Gasteiger partial charge in [-0.15, -0.1) is 0 Å². The highest BCUT2D eigenvalue weighted by molar-refractivity contribution is 9.10. The third-order valence-electron chi connectivity index (χ3n) is 3.65. The molecule has 0 fully saturated rings. The number of amides is 1. The lowest BCUT2D eigenvalue weighted by atomic mass is 10.1. The molecule has 0 spiro atoms. The number of rotatable bonds is 4. The number of nitrogens with zero attached hydrogens (tertiary/aromatic N) is 2. The van der Waals surface area contributed by atoms with Crippen molar-refractivity contribution in [3.63, 3.8) is 0 Å². The molecule has 0 bridgehead atoms. The summed E-state index contributed by atoms with van der Waals surface area (Å²) in [6, 6.07) is 21.1. The molecule has 5 heteroatoms. The minimum atomic E-state index is -0.278. The Bertz CT molecular complexity index is 906. The van der Waals surface area contributed by atoms with E-state index in [4.69, 9.17) is 0 Å². The van der Waals surface area contributed by atoms with Crippen molar-refractivity contribution >= 4 is 28.1 Å². The molecule has 0 aliphatic carbocycles. The number of benzene rings is 2. The predicted molar refractivity (Wildman–Crippen MR) is 104 cm³/mol. The minimum absolute atomic E-state index is 0.278. The molecule has 1 aromatic heterocycles. The Kier molecular flexibility index (Phi) is 5.36. The van der Waals surface area contributed by atoms with Gasteiger partial charge >= 0.3 is 0 Å². The van der Waals surface area contributed by atoms with E-state index < -0.39 is 0 Å². The lowest BCUT2D eigenvalue weighted by Gasteiger charge is -2.07. The van der Waals surface area contributed by atoms with E-state index in [1.165, 1.54) is 0 Å². The molecule has 1 heterocycles. The quantitative estimate of drug-likeness (QED) is 0.520. The molecule has 25 heavy (non-hydrogen) atoms. The fraction of sp³-hybridized carbons (Fsp3) is 0.0500. The van der Waals surface area contributed by atoms with Crippen molar-refractivity contribution in [3.8, 4) is 11.3 Å². The van der Waals surface area contributed by atoms with Crippen LogP contribution in [0.4, 0.5) is 0 Å². The number of aryl methyl sites for hydroxylation is 1. The van der Waals surface area contributed by atoms with Crippen LogP contribution in [0.1, 0.15) is 21.6 Å². The molecule has 0 saturated heterocycles. The van der Waals surface area contributed by atoms with Crippen LogP contribution in [-0.4, -0.2) is 17.1 Å². The number of halogens is 1. The Labute approximate surface area is 154 Å². The van der Waals surface area contributed by atoms with Crippen LogP contribution in [-0.2, 0) is 0 Å². The smallest absolute Gasteiger partial charge is 0.267 e. The second-order valence-electron chi connectivity index (χ2n) is 5.45. The summed E-state index contributed by atoms with van der Waals surface area (Å²) in [5.74, 6) is -0.278. The summed E-state index contributed by atoms with van der Waals surface area (Å²) in [7, 11) is 0. The fourth-order valence-corrected chi connectivity index (χ4v) is 2.61. The molecule has 3 rings (SSSR count). The normalized spacial score (nSPS) is 10.8. The molecule has 2 aromatic carbocycles. The van der Waals surface area contributed by atoms with Crippen LogP contribution in [0.25, 0.3) is 11.3 Å². The van der Waals surface area contributed by atoms with E-state index in [0.717, 1.165) is 21.3 Å². The lowest BCUT2D eigenvalue weighted by molar-refractivity contribution is 0.0954. The van der Waals surface area contributed by atoms with Crippen LogP contribution in [0.2, 0.25) is 0 Å². The monoisotopic (exact) mass is 393 g/mol. The van der Waals surface area contributed by atoms with Gasteiger partial charge in [0.2, 0.25) is 0 Å². The maximum absolute atomic E-state index is 12.3. The van der Waals surface area contributed by atoms with Crippen LogP contribution in [0, 0.1) is 6.92 Å². The molecule has 4 nitrogen and oxygen atoms in total. The molecule has 0 aliphatic heterocycles. The van der Waals surface area contributed by atoms with Crippen molar-refractivity contribution in [3.05, 3.63) is 88.0 Å². The van der Waals surface area contributed by atoms with Gasteiger partial charge in [-0.25, -0.2) is 5.43 Å². The number of hydrazone groups is 1. The van der Waals surface area contributed by atoms with Crippen molar-refractivity contribution < 1.29 is 4.79 Å². The Hall–Kier alpha value is -2.79. The zero-order valence-electron chi connectivity index (χ0n) is 13.6. The zero-order valence-corrected chi connectivity index (χ0v) is 15.2. The van der Waals surface area contributed by atoms with Crippen molar-refractivity contribution in [2.24, 2.45) is 5.10 Å². The largest absolute Gasteiger partial charge is 0.273 e. The summed E-state index contributed by atoms with van der Waals surface area (Å²) in [6.07, 6.45) is 1.61. The Morgan fingerprint density at radius 2 is 1.76 bits per heavy atom. The molecular formula is C20H16BrN3O. The van der Waals surface area contributed by atoms with Crippen LogP contribution in [0.3, 0.4) is 0 Å². The molecule has 0 radical (unpaired) electrons. The van der Waals surface area contributed by atoms with Gasteiger partial charge in [0.15, 0.2) is 0 Å². The number of pyridine rings is 1. The average molecular weight is 394 g/mol. The fourth-order valence-electron chi connectivity index (χ4n) is 2.35. The molecule has 124 valence electrons. The van der Waals surface area contributed by atoms with Crippen LogP contribution in [0.5, 0.6) is 0 Å². The van der Waals surface area contributed by atoms with Crippen molar-refractivity contribution in [2.75, 3.05) is 0 Å². The van der Waals surface area contributed by atoms with Crippen molar-refractivity contribution in [2.45, 2.75) is 6.92 Å². The van der Waals surface area contributed by atoms with E-state index in [2.05, 4.69) is 31.4 Å². The Balaban J connectivity index is 1.73. The number of aromatic nitrogens is 1. The highest BCUT2D eigenvalue weighted by Crippen LogP contribution is 2.21. The van der Waals surface area contributed by atoms with E-state index >= 15 is 0 Å². The second kappa shape index (κ2) is 7.85. The predicted octanol–water partition coefficient (Wildman–Crippen LogP) is 4.58. The van der Waals surface area contributed by atoms with Gasteiger partial charge in [-0.1, -0.05) is 58.4 Å². The zero-order chi connectivity index (χ0) is 17.6. The minimum Gasteiger partial charge on any atom is -0.267 e. The summed E-state index contributed by atoms with van der Waals surface area (Å²) in [5, 5.41) is 3.99. The number of nitrogens with one attached hydrogen (secondary N) is 1. The molecule has 0 atom stereocenters. The topological polar surface area (TPSA) is 54.4 Å². The molecule has 3 aromatic rings. The molecular weight excluding hydrogens is 378 g/mol. The van der Waals surface area contributed by atoms with Gasteiger partial charge in [-0.2, -0.15) is 5.10 Å². The maximum atomic E-state index is 12.3. The molecule has 1 N–H and O–H groups in total. The maximum Gasteiger partial charge on any atom is 0.273 e. The first kappa shape index (κ1) is 17.0. The Morgan fingerprint density at radius 1 is 1.04 bits per heavy atom. The molecule has 1 amide bonds. The van der Waals surface area contributed by atoms with Gasteiger partial charge in [0.05, 0.1) is 23.2 Å². The summed E-state index contributed by atoms with van der Waals surface area (Å²) in [6.45, 7) is 1.82. The standard InChI is InChI=1S/C20H16BrN3O/c1-14-18(20(25)24-22-13-15-5-3-2-4-6-15)11-12-19(23-14)16-7-9-17(21)10-8-16/h2-13H,1H3,(H,24,25)/b22-13+. The van der Waals surface area contributed by atoms with Gasteiger partial charge in [0.1, 0.15) is 0 Å².